The van der Waals surface area contributed by atoms with Crippen molar-refractivity contribution in [2.75, 3.05) is 0 Å². The Morgan fingerprint density at radius 1 is 1.22 bits per heavy atom. The van der Waals surface area contributed by atoms with Gasteiger partial charge in [-0.1, -0.05) is 41.4 Å². The zero-order valence-corrected chi connectivity index (χ0v) is 16.7. The summed E-state index contributed by atoms with van der Waals surface area (Å²) in [4.78, 5) is 12.3. The average molecular weight is 422 g/mol. The molecule has 2 aromatic heterocycles. The van der Waals surface area contributed by atoms with E-state index in [9.17, 15) is 4.79 Å². The van der Waals surface area contributed by atoms with Gasteiger partial charge in [-0.3, -0.25) is 9.36 Å². The van der Waals surface area contributed by atoms with Gasteiger partial charge in [0.1, 0.15) is 11.5 Å². The molecule has 1 aliphatic rings. The van der Waals surface area contributed by atoms with Crippen molar-refractivity contribution in [3.05, 3.63) is 52.4 Å². The third-order valence-corrected chi connectivity index (χ3v) is 6.37. The lowest BCUT2D eigenvalue weighted by molar-refractivity contribution is -0.119. The highest BCUT2D eigenvalue weighted by Gasteiger charge is 2.27. The minimum Gasteiger partial charge on any atom is -0.467 e. The normalized spacial score (nSPS) is 17.4. The van der Waals surface area contributed by atoms with Crippen LogP contribution >= 0.6 is 35.0 Å². The highest BCUT2D eigenvalue weighted by molar-refractivity contribution is 8.00. The average Bonchev–Trinajstić information content (AvgIpc) is 3.29. The number of thioether (sulfide) groups is 1. The molecule has 4 rings (SSSR count). The number of hydrogen-bond donors (Lipinski definition) is 0. The summed E-state index contributed by atoms with van der Waals surface area (Å²) in [6.07, 6.45) is 5.17. The Balaban J connectivity index is 1.72. The number of rotatable bonds is 5. The second kappa shape index (κ2) is 8.09. The monoisotopic (exact) mass is 421 g/mol. The number of carbonyl (C=O) groups is 1. The van der Waals surface area contributed by atoms with Gasteiger partial charge in [-0.25, -0.2) is 0 Å². The molecule has 0 radical (unpaired) electrons. The summed E-state index contributed by atoms with van der Waals surface area (Å²) >= 11 is 13.9. The van der Waals surface area contributed by atoms with Gasteiger partial charge in [0.05, 0.1) is 23.1 Å². The molecular formula is C19H17Cl2N3O2S. The van der Waals surface area contributed by atoms with Crippen LogP contribution in [0.1, 0.15) is 31.4 Å². The maximum atomic E-state index is 12.3. The zero-order valence-electron chi connectivity index (χ0n) is 14.4. The van der Waals surface area contributed by atoms with Crippen LogP contribution in [0.25, 0.3) is 11.4 Å². The molecule has 1 aliphatic carbocycles. The SMILES string of the molecule is O=C1CCCC[C@@H]1Sc1nnc(-c2ccc(Cl)cc2Cl)n1Cc1ccco1. The number of benzene rings is 1. The summed E-state index contributed by atoms with van der Waals surface area (Å²) in [6, 6.07) is 9.01. The van der Waals surface area contributed by atoms with E-state index in [0.717, 1.165) is 30.6 Å². The number of furan rings is 1. The first-order valence-electron chi connectivity index (χ1n) is 8.72. The van der Waals surface area contributed by atoms with Crippen LogP contribution in [0.15, 0.2) is 46.2 Å². The van der Waals surface area contributed by atoms with E-state index < -0.39 is 0 Å². The van der Waals surface area contributed by atoms with Crippen LogP contribution in [0.5, 0.6) is 0 Å². The van der Waals surface area contributed by atoms with Crippen molar-refractivity contribution in [1.29, 1.82) is 0 Å². The van der Waals surface area contributed by atoms with Gasteiger partial charge in [0, 0.05) is 17.0 Å². The Bertz CT molecular complexity index is 956. The predicted octanol–water partition coefficient (Wildman–Crippen LogP) is 5.50. The van der Waals surface area contributed by atoms with Gasteiger partial charge in [-0.15, -0.1) is 10.2 Å². The third kappa shape index (κ3) is 4.08. The summed E-state index contributed by atoms with van der Waals surface area (Å²) in [5.74, 6) is 1.68. The van der Waals surface area contributed by atoms with Crippen LogP contribution < -0.4 is 0 Å². The largest absolute Gasteiger partial charge is 0.467 e. The molecule has 0 amide bonds. The molecule has 1 saturated carbocycles. The van der Waals surface area contributed by atoms with Crippen LogP contribution in [-0.2, 0) is 11.3 Å². The first-order valence-corrected chi connectivity index (χ1v) is 10.4. The predicted molar refractivity (Wildman–Crippen MR) is 106 cm³/mol. The van der Waals surface area contributed by atoms with Gasteiger partial charge < -0.3 is 4.42 Å². The van der Waals surface area contributed by atoms with Crippen molar-refractivity contribution in [2.45, 2.75) is 42.6 Å². The summed E-state index contributed by atoms with van der Waals surface area (Å²) in [7, 11) is 0. The minimum absolute atomic E-state index is 0.0770. The number of hydrogen-bond acceptors (Lipinski definition) is 5. The van der Waals surface area contributed by atoms with Crippen LogP contribution in [0, 0.1) is 0 Å². The number of halogens is 2. The maximum absolute atomic E-state index is 12.3. The Morgan fingerprint density at radius 2 is 2.11 bits per heavy atom. The van der Waals surface area contributed by atoms with E-state index in [1.165, 1.54) is 11.8 Å². The highest BCUT2D eigenvalue weighted by atomic mass is 35.5. The van der Waals surface area contributed by atoms with E-state index in [4.69, 9.17) is 27.6 Å². The van der Waals surface area contributed by atoms with Gasteiger partial charge in [-0.2, -0.15) is 0 Å². The molecule has 0 unspecified atom stereocenters. The molecular weight excluding hydrogens is 405 g/mol. The van der Waals surface area contributed by atoms with Crippen molar-refractivity contribution in [3.8, 4) is 11.4 Å². The van der Waals surface area contributed by atoms with Gasteiger partial charge in [-0.05, 0) is 43.2 Å². The number of Topliss-reactive ketones (excluding diaryl/α,β-unsaturated/α-hetero) is 1. The fraction of sp³-hybridized carbons (Fsp3) is 0.316. The number of carbonyl (C=O) groups excluding carboxylic acids is 1. The minimum atomic E-state index is -0.0770. The molecule has 1 aromatic carbocycles. The first kappa shape index (κ1) is 18.6. The lowest BCUT2D eigenvalue weighted by Crippen LogP contribution is -2.22. The molecule has 0 saturated heterocycles. The van der Waals surface area contributed by atoms with Crippen molar-refractivity contribution >= 4 is 40.7 Å². The van der Waals surface area contributed by atoms with Crippen molar-refractivity contribution < 1.29 is 9.21 Å². The summed E-state index contributed by atoms with van der Waals surface area (Å²) in [5, 5.41) is 10.4. The standard InChI is InChI=1S/C19H17Cl2N3O2S/c20-12-7-8-14(15(21)10-12)18-22-23-19(24(18)11-13-4-3-9-26-13)27-17-6-2-1-5-16(17)25/h3-4,7-10,17H,1-2,5-6,11H2/t17-/m0/s1. The van der Waals surface area contributed by atoms with Crippen LogP contribution in [0.2, 0.25) is 10.0 Å². The van der Waals surface area contributed by atoms with Crippen LogP contribution in [-0.4, -0.2) is 25.8 Å². The van der Waals surface area contributed by atoms with Gasteiger partial charge in [0.2, 0.25) is 0 Å². The first-order chi connectivity index (χ1) is 13.1. The molecule has 0 spiro atoms. The smallest absolute Gasteiger partial charge is 0.192 e. The summed E-state index contributed by atoms with van der Waals surface area (Å²) < 4.78 is 7.45. The molecule has 8 heteroatoms. The topological polar surface area (TPSA) is 60.9 Å². The third-order valence-electron chi connectivity index (χ3n) is 4.53. The van der Waals surface area contributed by atoms with E-state index >= 15 is 0 Å². The van der Waals surface area contributed by atoms with Crippen molar-refractivity contribution in [2.24, 2.45) is 0 Å². The molecule has 27 heavy (non-hydrogen) atoms. The highest BCUT2D eigenvalue weighted by Crippen LogP contribution is 2.35. The molecule has 0 N–H and O–H groups in total. The molecule has 140 valence electrons. The second-order valence-electron chi connectivity index (χ2n) is 6.41. The van der Waals surface area contributed by atoms with E-state index in [-0.39, 0.29) is 11.0 Å². The Labute approximate surface area is 171 Å². The summed E-state index contributed by atoms with van der Waals surface area (Å²) in [6.45, 7) is 0.456. The number of aromatic nitrogens is 3. The number of nitrogens with zero attached hydrogens (tertiary/aromatic N) is 3. The van der Waals surface area contributed by atoms with E-state index in [0.29, 0.717) is 34.0 Å². The maximum Gasteiger partial charge on any atom is 0.192 e. The van der Waals surface area contributed by atoms with Gasteiger partial charge >= 0.3 is 0 Å². The van der Waals surface area contributed by atoms with Crippen molar-refractivity contribution in [3.63, 3.8) is 0 Å². The molecule has 1 fully saturated rings. The molecule has 2 heterocycles. The molecule has 5 nitrogen and oxygen atoms in total. The fourth-order valence-corrected chi connectivity index (χ4v) is 4.80. The van der Waals surface area contributed by atoms with Gasteiger partial charge in [0.15, 0.2) is 11.0 Å². The molecule has 3 aromatic rings. The summed E-state index contributed by atoms with van der Waals surface area (Å²) in [5.41, 5.74) is 0.738. The Kier molecular flexibility index (Phi) is 5.57. The Morgan fingerprint density at radius 3 is 2.85 bits per heavy atom. The van der Waals surface area contributed by atoms with Gasteiger partial charge in [0.25, 0.3) is 0 Å². The molecule has 1 atom stereocenters. The second-order valence-corrected chi connectivity index (χ2v) is 8.43. The fourth-order valence-electron chi connectivity index (χ4n) is 3.15. The van der Waals surface area contributed by atoms with Crippen LogP contribution in [0.3, 0.4) is 0 Å². The zero-order chi connectivity index (χ0) is 18.8. The van der Waals surface area contributed by atoms with Crippen LogP contribution in [0.4, 0.5) is 0 Å². The lowest BCUT2D eigenvalue weighted by Gasteiger charge is -2.19. The molecule has 0 bridgehead atoms. The Hall–Kier alpha value is -1.76. The quantitative estimate of drug-likeness (QED) is 0.544. The number of ketones is 1. The lowest BCUT2D eigenvalue weighted by atomic mass is 9.99. The van der Waals surface area contributed by atoms with E-state index in [1.807, 2.05) is 22.8 Å². The van der Waals surface area contributed by atoms with Crippen molar-refractivity contribution in [1.82, 2.24) is 14.8 Å². The molecule has 0 aliphatic heterocycles. The van der Waals surface area contributed by atoms with E-state index in [1.54, 1.807) is 18.4 Å². The van der Waals surface area contributed by atoms with E-state index in [2.05, 4.69) is 10.2 Å².